The molecule has 1 aromatic carbocycles. The number of hydrogen-bond acceptors (Lipinski definition) is 4. The van der Waals surface area contributed by atoms with Crippen molar-refractivity contribution in [2.24, 2.45) is 7.05 Å². The molecule has 0 radical (unpaired) electrons. The summed E-state index contributed by atoms with van der Waals surface area (Å²) in [6.07, 6.45) is 3.33. The van der Waals surface area contributed by atoms with E-state index < -0.39 is 0 Å². The Morgan fingerprint density at radius 1 is 1.20 bits per heavy atom. The molecule has 0 spiro atoms. The molecule has 3 rings (SSSR count). The molecule has 1 aromatic heterocycles. The Hall–Kier alpha value is -2.41. The summed E-state index contributed by atoms with van der Waals surface area (Å²) in [6, 6.07) is 6.09. The van der Waals surface area contributed by atoms with E-state index in [1.54, 1.807) is 30.3 Å². The number of aromatic nitrogens is 2. The fraction of sp³-hybridized carbons (Fsp3) is 0.444. The number of aryl methyl sites for hydroxylation is 1. The first-order chi connectivity index (χ1) is 12.1. The highest BCUT2D eigenvalue weighted by molar-refractivity contribution is 5.92. The molecule has 0 unspecified atom stereocenters. The maximum Gasteiger partial charge on any atom is 0.272 e. The van der Waals surface area contributed by atoms with Gasteiger partial charge >= 0.3 is 0 Å². The number of hydrogen-bond donors (Lipinski definition) is 0. The molecule has 1 aliphatic rings. The van der Waals surface area contributed by atoms with Crippen molar-refractivity contribution in [1.82, 2.24) is 14.7 Å². The number of fused-ring (bicyclic) bond motifs is 1. The normalized spacial score (nSPS) is 16.3. The highest BCUT2D eigenvalue weighted by Gasteiger charge is 2.21. The van der Waals surface area contributed by atoms with Crippen LogP contribution in [0.2, 0.25) is 0 Å². The number of benzene rings is 1. The zero-order chi connectivity index (χ0) is 17.6. The van der Waals surface area contributed by atoms with Crippen molar-refractivity contribution < 1.29 is 18.7 Å². The number of ether oxygens (including phenoxy) is 2. The zero-order valence-corrected chi connectivity index (χ0v) is 14.3. The summed E-state index contributed by atoms with van der Waals surface area (Å²) >= 11 is 0. The van der Waals surface area contributed by atoms with Crippen LogP contribution in [0.3, 0.4) is 0 Å². The Kier molecular flexibility index (Phi) is 5.65. The summed E-state index contributed by atoms with van der Waals surface area (Å²) in [6.45, 7) is 2.28. The van der Waals surface area contributed by atoms with E-state index in [1.807, 2.05) is 0 Å². The van der Waals surface area contributed by atoms with Gasteiger partial charge in [-0.1, -0.05) is 0 Å². The SMILES string of the molecule is Cn1nccc1C(=O)N1CCOCCCCOc2ccc(F)cc2C1. The maximum absolute atomic E-state index is 13.7. The Morgan fingerprint density at radius 2 is 2.04 bits per heavy atom. The molecule has 7 heteroatoms. The first kappa shape index (κ1) is 17.4. The average Bonchev–Trinajstić information content (AvgIpc) is 3.01. The van der Waals surface area contributed by atoms with Gasteiger partial charge in [0.15, 0.2) is 0 Å². The third-order valence-corrected chi connectivity index (χ3v) is 4.16. The van der Waals surface area contributed by atoms with Crippen molar-refractivity contribution in [1.29, 1.82) is 0 Å². The summed E-state index contributed by atoms with van der Waals surface area (Å²) < 4.78 is 26.6. The van der Waals surface area contributed by atoms with E-state index >= 15 is 0 Å². The predicted molar refractivity (Wildman–Crippen MR) is 89.9 cm³/mol. The summed E-state index contributed by atoms with van der Waals surface area (Å²) in [5, 5.41) is 4.05. The van der Waals surface area contributed by atoms with E-state index in [0.717, 1.165) is 12.8 Å². The molecular formula is C18H22FN3O3. The summed E-state index contributed by atoms with van der Waals surface area (Å²) in [5.74, 6) is 0.0974. The van der Waals surface area contributed by atoms with Gasteiger partial charge in [0, 0.05) is 38.5 Å². The minimum Gasteiger partial charge on any atom is -0.493 e. The number of rotatable bonds is 1. The van der Waals surface area contributed by atoms with Crippen molar-refractivity contribution in [3.63, 3.8) is 0 Å². The van der Waals surface area contributed by atoms with Crippen LogP contribution in [-0.4, -0.2) is 47.0 Å². The fourth-order valence-electron chi connectivity index (χ4n) is 2.78. The lowest BCUT2D eigenvalue weighted by atomic mass is 10.1. The van der Waals surface area contributed by atoms with Crippen LogP contribution in [0, 0.1) is 5.82 Å². The highest BCUT2D eigenvalue weighted by atomic mass is 19.1. The molecule has 1 amide bonds. The van der Waals surface area contributed by atoms with Crippen molar-refractivity contribution in [2.45, 2.75) is 19.4 Å². The van der Waals surface area contributed by atoms with Crippen molar-refractivity contribution in [3.05, 3.63) is 47.5 Å². The van der Waals surface area contributed by atoms with Crippen molar-refractivity contribution in [3.8, 4) is 5.75 Å². The van der Waals surface area contributed by atoms with Crippen LogP contribution in [0.4, 0.5) is 4.39 Å². The van der Waals surface area contributed by atoms with Crippen LogP contribution in [0.25, 0.3) is 0 Å². The quantitative estimate of drug-likeness (QED) is 0.795. The predicted octanol–water partition coefficient (Wildman–Crippen LogP) is 2.39. The standard InChI is InChI=1S/C18H22FN3O3/c1-21-16(6-7-20-21)18(23)22-8-11-24-9-2-3-10-25-17-5-4-15(19)12-14(17)13-22/h4-7,12H,2-3,8-11,13H2,1H3. The smallest absolute Gasteiger partial charge is 0.272 e. The van der Waals surface area contributed by atoms with E-state index in [0.29, 0.717) is 43.4 Å². The number of nitrogens with zero attached hydrogens (tertiary/aromatic N) is 3. The van der Waals surface area contributed by atoms with Crippen molar-refractivity contribution >= 4 is 5.91 Å². The molecule has 6 nitrogen and oxygen atoms in total. The molecule has 0 fully saturated rings. The maximum atomic E-state index is 13.7. The molecule has 0 N–H and O–H groups in total. The van der Waals surface area contributed by atoms with E-state index in [9.17, 15) is 9.18 Å². The minimum absolute atomic E-state index is 0.170. The van der Waals surface area contributed by atoms with Gasteiger partial charge in [0.1, 0.15) is 17.3 Å². The zero-order valence-electron chi connectivity index (χ0n) is 14.3. The van der Waals surface area contributed by atoms with E-state index in [-0.39, 0.29) is 18.3 Å². The lowest BCUT2D eigenvalue weighted by Crippen LogP contribution is -2.35. The topological polar surface area (TPSA) is 56.6 Å². The Bertz CT molecular complexity index is 732. The number of amides is 1. The number of halogens is 1. The third-order valence-electron chi connectivity index (χ3n) is 4.16. The summed E-state index contributed by atoms with van der Waals surface area (Å²) in [7, 11) is 1.72. The van der Waals surface area contributed by atoms with Gasteiger partial charge in [0.25, 0.3) is 5.91 Å². The van der Waals surface area contributed by atoms with Gasteiger partial charge in [0.2, 0.25) is 0 Å². The van der Waals surface area contributed by atoms with Gasteiger partial charge in [0.05, 0.1) is 13.2 Å². The van der Waals surface area contributed by atoms with Gasteiger partial charge in [-0.3, -0.25) is 9.48 Å². The van der Waals surface area contributed by atoms with E-state index in [1.165, 1.54) is 16.8 Å². The molecular weight excluding hydrogens is 325 g/mol. The fourth-order valence-corrected chi connectivity index (χ4v) is 2.78. The van der Waals surface area contributed by atoms with Gasteiger partial charge in [-0.25, -0.2) is 4.39 Å². The second kappa shape index (κ2) is 8.11. The molecule has 0 bridgehead atoms. The second-order valence-corrected chi connectivity index (χ2v) is 5.99. The van der Waals surface area contributed by atoms with Gasteiger partial charge in [-0.2, -0.15) is 5.10 Å². The minimum atomic E-state index is -0.348. The number of carbonyl (C=O) groups is 1. The Balaban J connectivity index is 1.88. The lowest BCUT2D eigenvalue weighted by molar-refractivity contribution is 0.0598. The molecule has 25 heavy (non-hydrogen) atoms. The van der Waals surface area contributed by atoms with Crippen LogP contribution < -0.4 is 4.74 Å². The summed E-state index contributed by atoms with van der Waals surface area (Å²) in [4.78, 5) is 14.5. The lowest BCUT2D eigenvalue weighted by Gasteiger charge is -2.24. The summed E-state index contributed by atoms with van der Waals surface area (Å²) in [5.41, 5.74) is 1.13. The molecule has 0 saturated heterocycles. The van der Waals surface area contributed by atoms with Crippen LogP contribution in [0.5, 0.6) is 5.75 Å². The Morgan fingerprint density at radius 3 is 2.84 bits per heavy atom. The largest absolute Gasteiger partial charge is 0.493 e. The van der Waals surface area contributed by atoms with Gasteiger partial charge in [-0.15, -0.1) is 0 Å². The van der Waals surface area contributed by atoms with Crippen LogP contribution >= 0.6 is 0 Å². The molecule has 0 atom stereocenters. The second-order valence-electron chi connectivity index (χ2n) is 5.99. The molecule has 0 saturated carbocycles. The molecule has 1 aliphatic heterocycles. The Labute approximate surface area is 146 Å². The van der Waals surface area contributed by atoms with Crippen molar-refractivity contribution in [2.75, 3.05) is 26.4 Å². The van der Waals surface area contributed by atoms with Gasteiger partial charge < -0.3 is 14.4 Å². The van der Waals surface area contributed by atoms with Crippen LogP contribution in [0.15, 0.2) is 30.5 Å². The van der Waals surface area contributed by atoms with E-state index in [4.69, 9.17) is 9.47 Å². The van der Waals surface area contributed by atoms with Crippen LogP contribution in [-0.2, 0) is 18.3 Å². The highest BCUT2D eigenvalue weighted by Crippen LogP contribution is 2.23. The number of carbonyl (C=O) groups excluding carboxylic acids is 1. The molecule has 134 valence electrons. The first-order valence-electron chi connectivity index (χ1n) is 8.41. The third kappa shape index (κ3) is 4.36. The molecule has 0 aliphatic carbocycles. The van der Waals surface area contributed by atoms with Crippen LogP contribution in [0.1, 0.15) is 28.9 Å². The monoisotopic (exact) mass is 347 g/mol. The molecule has 2 heterocycles. The van der Waals surface area contributed by atoms with Gasteiger partial charge in [-0.05, 0) is 37.1 Å². The molecule has 2 aromatic rings. The van der Waals surface area contributed by atoms with E-state index in [2.05, 4.69) is 5.10 Å². The average molecular weight is 347 g/mol. The first-order valence-corrected chi connectivity index (χ1v) is 8.41.